The van der Waals surface area contributed by atoms with E-state index in [2.05, 4.69) is 20.0 Å². The van der Waals surface area contributed by atoms with Gasteiger partial charge in [-0.25, -0.2) is 4.68 Å². The molecule has 23 heavy (non-hydrogen) atoms. The molecule has 4 rings (SSSR count). The Morgan fingerprint density at radius 1 is 1.22 bits per heavy atom. The van der Waals surface area contributed by atoms with Crippen LogP contribution in [-0.2, 0) is 25.9 Å². The summed E-state index contributed by atoms with van der Waals surface area (Å²) in [6, 6.07) is 1.79. The van der Waals surface area contributed by atoms with Gasteiger partial charge in [0.25, 0.3) is 5.56 Å². The molecule has 1 saturated heterocycles. The van der Waals surface area contributed by atoms with E-state index in [1.54, 1.807) is 23.1 Å². The first kappa shape index (κ1) is 14.5. The molecule has 0 aromatic carbocycles. The smallest absolute Gasteiger partial charge is 0.267 e. The van der Waals surface area contributed by atoms with Gasteiger partial charge in [-0.15, -0.1) is 0 Å². The summed E-state index contributed by atoms with van der Waals surface area (Å²) in [6.07, 6.45) is 6.61. The van der Waals surface area contributed by atoms with E-state index in [4.69, 9.17) is 0 Å². The SMILES string of the molecule is Cc1nccnc1CN1CC(Cn2nc3c(cc2=O)CCC3)C1. The second-order valence-corrected chi connectivity index (χ2v) is 6.64. The van der Waals surface area contributed by atoms with Crippen molar-refractivity contribution in [3.8, 4) is 0 Å². The normalized spacial score (nSPS) is 18.0. The molecule has 0 bridgehead atoms. The lowest BCUT2D eigenvalue weighted by Gasteiger charge is -2.39. The third kappa shape index (κ3) is 2.91. The summed E-state index contributed by atoms with van der Waals surface area (Å²) < 4.78 is 1.67. The van der Waals surface area contributed by atoms with Crippen molar-refractivity contribution in [1.82, 2.24) is 24.6 Å². The Bertz CT molecular complexity index is 779. The largest absolute Gasteiger partial charge is 0.297 e. The Morgan fingerprint density at radius 3 is 2.87 bits per heavy atom. The lowest BCUT2D eigenvalue weighted by Crippen LogP contribution is -2.49. The van der Waals surface area contributed by atoms with Crippen molar-refractivity contribution in [2.24, 2.45) is 5.92 Å². The van der Waals surface area contributed by atoms with Crippen molar-refractivity contribution < 1.29 is 0 Å². The Labute approximate surface area is 135 Å². The van der Waals surface area contributed by atoms with Gasteiger partial charge in [0.05, 0.1) is 23.6 Å². The van der Waals surface area contributed by atoms with E-state index in [0.717, 1.165) is 68.1 Å². The van der Waals surface area contributed by atoms with Gasteiger partial charge in [-0.2, -0.15) is 5.10 Å². The van der Waals surface area contributed by atoms with Gasteiger partial charge in [0.15, 0.2) is 0 Å². The van der Waals surface area contributed by atoms with Gasteiger partial charge in [0.1, 0.15) is 0 Å². The fourth-order valence-electron chi connectivity index (χ4n) is 3.54. The molecular formula is C17H21N5O. The monoisotopic (exact) mass is 311 g/mol. The summed E-state index contributed by atoms with van der Waals surface area (Å²) in [5, 5.41) is 4.56. The Kier molecular flexibility index (Phi) is 3.69. The molecule has 0 N–H and O–H groups in total. The van der Waals surface area contributed by atoms with Crippen molar-refractivity contribution >= 4 is 0 Å². The molecule has 2 aromatic heterocycles. The van der Waals surface area contributed by atoms with Crippen LogP contribution in [0.5, 0.6) is 0 Å². The second kappa shape index (κ2) is 5.85. The van der Waals surface area contributed by atoms with Crippen LogP contribution >= 0.6 is 0 Å². The van der Waals surface area contributed by atoms with Gasteiger partial charge >= 0.3 is 0 Å². The number of aromatic nitrogens is 4. The van der Waals surface area contributed by atoms with Gasteiger partial charge in [-0.1, -0.05) is 0 Å². The van der Waals surface area contributed by atoms with Crippen molar-refractivity contribution in [2.45, 2.75) is 39.3 Å². The van der Waals surface area contributed by atoms with Gasteiger partial charge in [-0.05, 0) is 31.7 Å². The molecule has 2 aromatic rings. The van der Waals surface area contributed by atoms with Crippen molar-refractivity contribution in [3.05, 3.63) is 51.5 Å². The van der Waals surface area contributed by atoms with Crippen molar-refractivity contribution in [1.29, 1.82) is 0 Å². The molecule has 0 radical (unpaired) electrons. The minimum absolute atomic E-state index is 0.0499. The van der Waals surface area contributed by atoms with Crippen LogP contribution in [-0.4, -0.2) is 37.7 Å². The van der Waals surface area contributed by atoms with Crippen LogP contribution < -0.4 is 5.56 Å². The number of aryl methyl sites for hydroxylation is 3. The minimum atomic E-state index is 0.0499. The van der Waals surface area contributed by atoms with E-state index >= 15 is 0 Å². The van der Waals surface area contributed by atoms with E-state index in [-0.39, 0.29) is 5.56 Å². The molecular weight excluding hydrogens is 290 g/mol. The first-order valence-corrected chi connectivity index (χ1v) is 8.28. The van der Waals surface area contributed by atoms with Crippen LogP contribution in [0.4, 0.5) is 0 Å². The van der Waals surface area contributed by atoms with Crippen molar-refractivity contribution in [2.75, 3.05) is 13.1 Å². The Balaban J connectivity index is 1.36. The zero-order valence-electron chi connectivity index (χ0n) is 13.4. The summed E-state index contributed by atoms with van der Waals surface area (Å²) in [7, 11) is 0. The average Bonchev–Trinajstić information content (AvgIpc) is 2.94. The van der Waals surface area contributed by atoms with Gasteiger partial charge in [-0.3, -0.25) is 19.7 Å². The molecule has 3 heterocycles. The predicted octanol–water partition coefficient (Wildman–Crippen LogP) is 0.962. The fourth-order valence-corrected chi connectivity index (χ4v) is 3.54. The fraction of sp³-hybridized carbons (Fsp3) is 0.529. The molecule has 2 aliphatic rings. The molecule has 6 heteroatoms. The molecule has 0 spiro atoms. The van der Waals surface area contributed by atoms with Crippen LogP contribution in [0.25, 0.3) is 0 Å². The Hall–Kier alpha value is -2.08. The number of rotatable bonds is 4. The second-order valence-electron chi connectivity index (χ2n) is 6.64. The number of hydrogen-bond donors (Lipinski definition) is 0. The highest BCUT2D eigenvalue weighted by Crippen LogP contribution is 2.21. The summed E-state index contributed by atoms with van der Waals surface area (Å²) >= 11 is 0. The van der Waals surface area contributed by atoms with Crippen LogP contribution in [0.3, 0.4) is 0 Å². The van der Waals surface area contributed by atoms with E-state index in [9.17, 15) is 4.79 Å². The summed E-state index contributed by atoms with van der Waals surface area (Å²) in [5.74, 6) is 0.497. The van der Waals surface area contributed by atoms with Crippen LogP contribution in [0, 0.1) is 12.8 Å². The highest BCUT2D eigenvalue weighted by molar-refractivity contribution is 5.22. The molecule has 0 amide bonds. The van der Waals surface area contributed by atoms with E-state index in [1.165, 1.54) is 0 Å². The first-order chi connectivity index (χ1) is 11.2. The van der Waals surface area contributed by atoms with Crippen LogP contribution in [0.1, 0.15) is 29.1 Å². The maximum Gasteiger partial charge on any atom is 0.267 e. The molecule has 1 aliphatic heterocycles. The minimum Gasteiger partial charge on any atom is -0.297 e. The quantitative estimate of drug-likeness (QED) is 0.841. The lowest BCUT2D eigenvalue weighted by molar-refractivity contribution is 0.0749. The van der Waals surface area contributed by atoms with Crippen LogP contribution in [0.15, 0.2) is 23.3 Å². The van der Waals surface area contributed by atoms with Gasteiger partial charge < -0.3 is 0 Å². The third-order valence-electron chi connectivity index (χ3n) is 4.84. The maximum atomic E-state index is 12.1. The molecule has 6 nitrogen and oxygen atoms in total. The maximum absolute atomic E-state index is 12.1. The number of likely N-dealkylation sites (tertiary alicyclic amines) is 1. The molecule has 0 atom stereocenters. The lowest BCUT2D eigenvalue weighted by atomic mass is 10.00. The molecule has 0 unspecified atom stereocenters. The van der Waals surface area contributed by atoms with Crippen LogP contribution in [0.2, 0.25) is 0 Å². The molecule has 1 fully saturated rings. The van der Waals surface area contributed by atoms with E-state index < -0.39 is 0 Å². The highest BCUT2D eigenvalue weighted by Gasteiger charge is 2.28. The summed E-state index contributed by atoms with van der Waals surface area (Å²) in [5.41, 5.74) is 4.36. The zero-order valence-corrected chi connectivity index (χ0v) is 13.4. The summed E-state index contributed by atoms with van der Waals surface area (Å²) in [4.78, 5) is 23.2. The third-order valence-corrected chi connectivity index (χ3v) is 4.84. The zero-order chi connectivity index (χ0) is 15.8. The summed E-state index contributed by atoms with van der Waals surface area (Å²) in [6.45, 7) is 5.53. The number of hydrogen-bond acceptors (Lipinski definition) is 5. The molecule has 120 valence electrons. The van der Waals surface area contributed by atoms with E-state index in [0.29, 0.717) is 5.92 Å². The number of nitrogens with zero attached hydrogens (tertiary/aromatic N) is 5. The first-order valence-electron chi connectivity index (χ1n) is 8.28. The van der Waals surface area contributed by atoms with Gasteiger partial charge in [0, 0.05) is 44.0 Å². The predicted molar refractivity (Wildman–Crippen MR) is 86.1 cm³/mol. The average molecular weight is 311 g/mol. The Morgan fingerprint density at radius 2 is 2.04 bits per heavy atom. The number of fused-ring (bicyclic) bond motifs is 1. The standard InChI is InChI=1S/C17H21N5O/c1-12-16(19-6-5-18-12)11-21-8-13(9-21)10-22-17(23)7-14-3-2-4-15(14)20-22/h5-7,13H,2-4,8-11H2,1H3. The topological polar surface area (TPSA) is 63.9 Å². The molecule has 0 saturated carbocycles. The van der Waals surface area contributed by atoms with Crippen molar-refractivity contribution in [3.63, 3.8) is 0 Å². The highest BCUT2D eigenvalue weighted by atomic mass is 16.1. The van der Waals surface area contributed by atoms with Gasteiger partial charge in [0.2, 0.25) is 0 Å². The molecule has 1 aliphatic carbocycles. The van der Waals surface area contributed by atoms with E-state index in [1.807, 2.05) is 6.92 Å².